The summed E-state index contributed by atoms with van der Waals surface area (Å²) in [4.78, 5) is 26.0. The van der Waals surface area contributed by atoms with Crippen molar-refractivity contribution in [1.29, 1.82) is 0 Å². The maximum atomic E-state index is 12.6. The summed E-state index contributed by atoms with van der Waals surface area (Å²) in [6, 6.07) is 21.0. The van der Waals surface area contributed by atoms with E-state index in [1.165, 1.54) is 18.9 Å². The fourth-order valence-electron chi connectivity index (χ4n) is 4.41. The standard InChI is InChI=1S/C27H28N2O4/c1-2-6-20-15-17-28(18-16-20)26-19-24(13-14-25(26)29(31)32)33-23-11-9-22(10-12-23)27(30)21-7-4-3-5-8-21/h3-5,7-14,19-20H,2,6,15-18H2,1H3. The highest BCUT2D eigenvalue weighted by Gasteiger charge is 2.25. The third-order valence-electron chi connectivity index (χ3n) is 6.18. The highest BCUT2D eigenvalue weighted by atomic mass is 16.6. The molecule has 6 nitrogen and oxygen atoms in total. The Morgan fingerprint density at radius 3 is 2.24 bits per heavy atom. The minimum Gasteiger partial charge on any atom is -0.457 e. The van der Waals surface area contributed by atoms with Gasteiger partial charge in [0.2, 0.25) is 0 Å². The van der Waals surface area contributed by atoms with Crippen molar-refractivity contribution in [3.63, 3.8) is 0 Å². The molecule has 1 aliphatic rings. The van der Waals surface area contributed by atoms with Crippen LogP contribution < -0.4 is 9.64 Å². The fourth-order valence-corrected chi connectivity index (χ4v) is 4.41. The smallest absolute Gasteiger partial charge is 0.292 e. The molecule has 0 aromatic heterocycles. The number of nitro benzene ring substituents is 1. The van der Waals surface area contributed by atoms with Crippen LogP contribution in [0.2, 0.25) is 0 Å². The maximum Gasteiger partial charge on any atom is 0.292 e. The summed E-state index contributed by atoms with van der Waals surface area (Å²) in [5.41, 5.74) is 1.91. The molecule has 0 N–H and O–H groups in total. The first-order valence-corrected chi connectivity index (χ1v) is 11.5. The van der Waals surface area contributed by atoms with Crippen LogP contribution in [0, 0.1) is 16.0 Å². The normalized spacial score (nSPS) is 14.2. The minimum atomic E-state index is -0.332. The molecule has 0 bridgehead atoms. The van der Waals surface area contributed by atoms with Crippen LogP contribution in [-0.2, 0) is 0 Å². The fraction of sp³-hybridized carbons (Fsp3) is 0.296. The van der Waals surface area contributed by atoms with Gasteiger partial charge in [-0.25, -0.2) is 0 Å². The van der Waals surface area contributed by atoms with Crippen LogP contribution in [0.25, 0.3) is 0 Å². The Bertz CT molecular complexity index is 1100. The Morgan fingerprint density at radius 1 is 0.970 bits per heavy atom. The quantitative estimate of drug-likeness (QED) is 0.221. The summed E-state index contributed by atoms with van der Waals surface area (Å²) in [6.45, 7) is 3.82. The molecule has 1 saturated heterocycles. The van der Waals surface area contributed by atoms with Crippen LogP contribution in [0.15, 0.2) is 72.8 Å². The van der Waals surface area contributed by atoms with Crippen molar-refractivity contribution in [3.05, 3.63) is 94.0 Å². The molecule has 0 aliphatic carbocycles. The molecule has 4 rings (SSSR count). The van der Waals surface area contributed by atoms with Gasteiger partial charge in [-0.3, -0.25) is 14.9 Å². The van der Waals surface area contributed by atoms with Gasteiger partial charge in [0.05, 0.1) is 4.92 Å². The number of carbonyl (C=O) groups excluding carboxylic acids is 1. The van der Waals surface area contributed by atoms with Crippen molar-refractivity contribution in [2.24, 2.45) is 5.92 Å². The van der Waals surface area contributed by atoms with E-state index in [9.17, 15) is 14.9 Å². The molecule has 1 heterocycles. The molecule has 33 heavy (non-hydrogen) atoms. The molecule has 0 saturated carbocycles. The van der Waals surface area contributed by atoms with E-state index in [4.69, 9.17) is 4.74 Å². The van der Waals surface area contributed by atoms with Crippen LogP contribution in [-0.4, -0.2) is 23.8 Å². The van der Waals surface area contributed by atoms with Crippen LogP contribution in [0.4, 0.5) is 11.4 Å². The average Bonchev–Trinajstić information content (AvgIpc) is 2.85. The molecule has 0 amide bonds. The monoisotopic (exact) mass is 444 g/mol. The largest absolute Gasteiger partial charge is 0.457 e. The highest BCUT2D eigenvalue weighted by Crippen LogP contribution is 2.36. The van der Waals surface area contributed by atoms with Gasteiger partial charge in [0.1, 0.15) is 17.2 Å². The summed E-state index contributed by atoms with van der Waals surface area (Å²) >= 11 is 0. The van der Waals surface area contributed by atoms with Crippen molar-refractivity contribution >= 4 is 17.2 Å². The molecule has 1 aliphatic heterocycles. The third kappa shape index (κ3) is 5.40. The zero-order valence-electron chi connectivity index (χ0n) is 18.8. The van der Waals surface area contributed by atoms with E-state index in [0.29, 0.717) is 34.2 Å². The number of nitro groups is 1. The van der Waals surface area contributed by atoms with Crippen LogP contribution in [0.5, 0.6) is 11.5 Å². The number of ketones is 1. The Kier molecular flexibility index (Phi) is 7.03. The summed E-state index contributed by atoms with van der Waals surface area (Å²) < 4.78 is 5.98. The number of piperidine rings is 1. The second kappa shape index (κ2) is 10.3. The van der Waals surface area contributed by atoms with Gasteiger partial charge in [-0.1, -0.05) is 50.1 Å². The second-order valence-electron chi connectivity index (χ2n) is 8.45. The van der Waals surface area contributed by atoms with E-state index in [1.807, 2.05) is 18.2 Å². The number of ether oxygens (including phenoxy) is 1. The number of rotatable bonds is 8. The molecular formula is C27H28N2O4. The van der Waals surface area contributed by atoms with Crippen molar-refractivity contribution in [2.45, 2.75) is 32.6 Å². The lowest BCUT2D eigenvalue weighted by molar-refractivity contribution is -0.384. The summed E-state index contributed by atoms with van der Waals surface area (Å²) in [5, 5.41) is 11.6. The Balaban J connectivity index is 1.50. The Labute approximate surface area is 194 Å². The van der Waals surface area contributed by atoms with Crippen LogP contribution in [0.3, 0.4) is 0 Å². The second-order valence-corrected chi connectivity index (χ2v) is 8.45. The van der Waals surface area contributed by atoms with E-state index in [2.05, 4.69) is 11.8 Å². The highest BCUT2D eigenvalue weighted by molar-refractivity contribution is 6.08. The van der Waals surface area contributed by atoms with E-state index in [0.717, 1.165) is 25.9 Å². The molecule has 3 aromatic rings. The lowest BCUT2D eigenvalue weighted by Crippen LogP contribution is -2.34. The molecular weight excluding hydrogens is 416 g/mol. The molecule has 0 spiro atoms. The predicted octanol–water partition coefficient (Wildman–Crippen LogP) is 6.63. The number of carbonyl (C=O) groups is 1. The maximum absolute atomic E-state index is 12.6. The zero-order valence-corrected chi connectivity index (χ0v) is 18.8. The van der Waals surface area contributed by atoms with Crippen molar-refractivity contribution in [2.75, 3.05) is 18.0 Å². The van der Waals surface area contributed by atoms with E-state index < -0.39 is 0 Å². The van der Waals surface area contributed by atoms with Crippen molar-refractivity contribution < 1.29 is 14.5 Å². The van der Waals surface area contributed by atoms with E-state index in [-0.39, 0.29) is 16.4 Å². The summed E-state index contributed by atoms with van der Waals surface area (Å²) in [5.74, 6) is 1.75. The van der Waals surface area contributed by atoms with Gasteiger partial charge < -0.3 is 9.64 Å². The molecule has 0 unspecified atom stereocenters. The van der Waals surface area contributed by atoms with Crippen LogP contribution in [0.1, 0.15) is 48.5 Å². The zero-order chi connectivity index (χ0) is 23.2. The third-order valence-corrected chi connectivity index (χ3v) is 6.18. The predicted molar refractivity (Wildman–Crippen MR) is 129 cm³/mol. The number of hydrogen-bond acceptors (Lipinski definition) is 5. The van der Waals surface area contributed by atoms with E-state index in [1.54, 1.807) is 48.5 Å². The van der Waals surface area contributed by atoms with Gasteiger partial charge in [-0.05, 0) is 49.1 Å². The number of benzene rings is 3. The molecule has 1 fully saturated rings. The SMILES string of the molecule is CCCC1CCN(c2cc(Oc3ccc(C(=O)c4ccccc4)cc3)ccc2[N+](=O)[O-])CC1. The number of nitrogens with zero attached hydrogens (tertiary/aromatic N) is 2. The first kappa shape index (κ1) is 22.5. The van der Waals surface area contributed by atoms with Gasteiger partial charge in [0.15, 0.2) is 5.78 Å². The van der Waals surface area contributed by atoms with Gasteiger partial charge in [-0.2, -0.15) is 0 Å². The first-order chi connectivity index (χ1) is 16.0. The summed E-state index contributed by atoms with van der Waals surface area (Å²) in [6.07, 6.45) is 4.48. The number of hydrogen-bond donors (Lipinski definition) is 0. The lowest BCUT2D eigenvalue weighted by atomic mass is 9.92. The van der Waals surface area contributed by atoms with Crippen molar-refractivity contribution in [3.8, 4) is 11.5 Å². The Hall–Kier alpha value is -3.67. The van der Waals surface area contributed by atoms with Gasteiger partial charge in [-0.15, -0.1) is 0 Å². The average molecular weight is 445 g/mol. The molecule has 170 valence electrons. The molecule has 3 aromatic carbocycles. The topological polar surface area (TPSA) is 72.7 Å². The van der Waals surface area contributed by atoms with Crippen LogP contribution >= 0.6 is 0 Å². The van der Waals surface area contributed by atoms with Gasteiger partial charge in [0, 0.05) is 36.3 Å². The first-order valence-electron chi connectivity index (χ1n) is 11.5. The molecule has 0 radical (unpaired) electrons. The number of anilines is 1. The Morgan fingerprint density at radius 2 is 1.61 bits per heavy atom. The van der Waals surface area contributed by atoms with Gasteiger partial charge in [0.25, 0.3) is 5.69 Å². The molecule has 0 atom stereocenters. The minimum absolute atomic E-state index is 0.0498. The van der Waals surface area contributed by atoms with E-state index >= 15 is 0 Å². The van der Waals surface area contributed by atoms with Crippen molar-refractivity contribution in [1.82, 2.24) is 0 Å². The lowest BCUT2D eigenvalue weighted by Gasteiger charge is -2.33. The molecule has 6 heteroatoms. The summed E-state index contributed by atoms with van der Waals surface area (Å²) in [7, 11) is 0. The van der Waals surface area contributed by atoms with Gasteiger partial charge >= 0.3 is 0 Å².